The molecule has 0 saturated heterocycles. The number of nitrogens with zero attached hydrogens (tertiary/aromatic N) is 1. The third-order valence-corrected chi connectivity index (χ3v) is 6.49. The Balaban J connectivity index is 1.85. The second-order valence-electron chi connectivity index (χ2n) is 4.61. The van der Waals surface area contributed by atoms with Gasteiger partial charge in [0.25, 0.3) is 0 Å². The minimum atomic E-state index is 0.406. The summed E-state index contributed by atoms with van der Waals surface area (Å²) < 4.78 is 5.24. The number of anilines is 1. The quantitative estimate of drug-likeness (QED) is 0.755. The maximum atomic E-state index is 5.97. The first-order valence-corrected chi connectivity index (χ1v) is 9.17. The summed E-state index contributed by atoms with van der Waals surface area (Å²) in [5.41, 5.74) is 9.23. The Labute approximate surface area is 128 Å². The lowest BCUT2D eigenvalue weighted by Crippen LogP contribution is -1.96. The van der Waals surface area contributed by atoms with Crippen LogP contribution in [-0.2, 0) is 12.2 Å². The molecule has 3 nitrogen and oxygen atoms in total. The lowest BCUT2D eigenvalue weighted by Gasteiger charge is -2.08. The van der Waals surface area contributed by atoms with E-state index in [1.807, 2.05) is 34.5 Å². The minimum Gasteiger partial charge on any atom is -0.367 e. The zero-order valence-corrected chi connectivity index (χ0v) is 13.0. The van der Waals surface area contributed by atoms with Gasteiger partial charge in [-0.2, -0.15) is 11.8 Å². The Bertz CT molecular complexity index is 719. The Morgan fingerprint density at radius 1 is 1.30 bits per heavy atom. The van der Waals surface area contributed by atoms with Crippen molar-refractivity contribution in [3.63, 3.8) is 0 Å². The van der Waals surface area contributed by atoms with Crippen molar-refractivity contribution in [2.24, 2.45) is 0 Å². The molecule has 0 saturated carbocycles. The topological polar surface area (TPSA) is 52.0 Å². The molecule has 20 heavy (non-hydrogen) atoms. The summed E-state index contributed by atoms with van der Waals surface area (Å²) in [4.78, 5) is 3.76. The van der Waals surface area contributed by atoms with E-state index in [1.165, 1.54) is 21.1 Å². The Kier molecular flexibility index (Phi) is 3.09. The lowest BCUT2D eigenvalue weighted by molar-refractivity contribution is 0.439. The van der Waals surface area contributed by atoms with Crippen LogP contribution >= 0.6 is 34.4 Å². The molecule has 3 aromatic rings. The molecule has 0 bridgehead atoms. The van der Waals surface area contributed by atoms with Crippen LogP contribution in [0.25, 0.3) is 21.0 Å². The zero-order chi connectivity index (χ0) is 13.5. The molecule has 0 amide bonds. The van der Waals surface area contributed by atoms with Crippen LogP contribution in [0.4, 0.5) is 5.88 Å². The number of thioether (sulfide) groups is 1. The first kappa shape index (κ1) is 12.5. The number of aromatic nitrogens is 1. The van der Waals surface area contributed by atoms with E-state index in [-0.39, 0.29) is 0 Å². The van der Waals surface area contributed by atoms with Crippen molar-refractivity contribution in [2.45, 2.75) is 12.2 Å². The van der Waals surface area contributed by atoms with Crippen LogP contribution in [0, 0.1) is 0 Å². The average Bonchev–Trinajstić information content (AvgIpc) is 3.16. The van der Waals surface area contributed by atoms with Crippen molar-refractivity contribution >= 4 is 40.3 Å². The predicted molar refractivity (Wildman–Crippen MR) is 87.4 cm³/mol. The summed E-state index contributed by atoms with van der Waals surface area (Å²) in [6.07, 6.45) is 1.16. The van der Waals surface area contributed by atoms with Crippen LogP contribution in [0.1, 0.15) is 10.4 Å². The molecule has 6 heteroatoms. The number of rotatable bonds is 2. The molecule has 0 unspecified atom stereocenters. The molecule has 0 atom stereocenters. The molecule has 4 heterocycles. The summed E-state index contributed by atoms with van der Waals surface area (Å²) in [6, 6.07) is 6.33. The summed E-state index contributed by atoms with van der Waals surface area (Å²) in [7, 11) is 0. The standard InChI is InChI=1S/C14H12N2OS3/c15-14-12(10-2-1-4-19-10)13(16-17-14)11-6-8-7-18-5-3-9(8)20-11/h1-2,4,6H,3,5,7,15H2. The van der Waals surface area contributed by atoms with Crippen molar-refractivity contribution in [1.29, 1.82) is 0 Å². The predicted octanol–water partition coefficient (Wildman–Crippen LogP) is 4.50. The molecule has 0 aliphatic carbocycles. The van der Waals surface area contributed by atoms with E-state index in [9.17, 15) is 0 Å². The van der Waals surface area contributed by atoms with Gasteiger partial charge in [0.1, 0.15) is 5.69 Å². The maximum absolute atomic E-state index is 5.97. The van der Waals surface area contributed by atoms with Crippen LogP contribution < -0.4 is 5.73 Å². The molecule has 102 valence electrons. The van der Waals surface area contributed by atoms with E-state index in [4.69, 9.17) is 10.3 Å². The van der Waals surface area contributed by atoms with E-state index in [1.54, 1.807) is 11.3 Å². The van der Waals surface area contributed by atoms with Crippen molar-refractivity contribution in [2.75, 3.05) is 11.5 Å². The van der Waals surface area contributed by atoms with Gasteiger partial charge in [0.15, 0.2) is 0 Å². The molecule has 0 fully saturated rings. The van der Waals surface area contributed by atoms with Gasteiger partial charge in [0.05, 0.1) is 10.4 Å². The molecule has 3 aromatic heterocycles. The van der Waals surface area contributed by atoms with E-state index in [0.717, 1.165) is 28.3 Å². The first-order chi connectivity index (χ1) is 9.83. The number of nitrogen functional groups attached to an aromatic ring is 1. The normalized spacial score (nSPS) is 14.4. The first-order valence-electron chi connectivity index (χ1n) is 6.31. The molecular formula is C14H12N2OS3. The van der Waals surface area contributed by atoms with E-state index in [0.29, 0.717) is 5.88 Å². The highest BCUT2D eigenvalue weighted by atomic mass is 32.2. The van der Waals surface area contributed by atoms with Gasteiger partial charge < -0.3 is 10.3 Å². The summed E-state index contributed by atoms with van der Waals surface area (Å²) in [6.45, 7) is 0. The summed E-state index contributed by atoms with van der Waals surface area (Å²) in [5, 5.41) is 6.24. The number of hydrogen-bond acceptors (Lipinski definition) is 6. The van der Waals surface area contributed by atoms with E-state index < -0.39 is 0 Å². The van der Waals surface area contributed by atoms with Crippen LogP contribution in [-0.4, -0.2) is 10.9 Å². The van der Waals surface area contributed by atoms with Gasteiger partial charge in [-0.25, -0.2) is 0 Å². The Morgan fingerprint density at radius 3 is 3.05 bits per heavy atom. The van der Waals surface area contributed by atoms with E-state index in [2.05, 4.69) is 17.3 Å². The van der Waals surface area contributed by atoms with Crippen LogP contribution in [0.3, 0.4) is 0 Å². The Morgan fingerprint density at radius 2 is 2.25 bits per heavy atom. The van der Waals surface area contributed by atoms with Crippen LogP contribution in [0.2, 0.25) is 0 Å². The molecule has 0 radical (unpaired) electrons. The Hall–Kier alpha value is -1.24. The van der Waals surface area contributed by atoms with Gasteiger partial charge in [-0.1, -0.05) is 11.2 Å². The van der Waals surface area contributed by atoms with Gasteiger partial charge >= 0.3 is 0 Å². The van der Waals surface area contributed by atoms with Gasteiger partial charge in [-0.3, -0.25) is 0 Å². The van der Waals surface area contributed by atoms with Crippen molar-refractivity contribution in [3.05, 3.63) is 34.0 Å². The smallest absolute Gasteiger partial charge is 0.231 e. The second kappa shape index (κ2) is 4.95. The molecule has 4 rings (SSSR count). The highest BCUT2D eigenvalue weighted by Crippen LogP contribution is 2.43. The van der Waals surface area contributed by atoms with Crippen molar-refractivity contribution < 1.29 is 4.52 Å². The lowest BCUT2D eigenvalue weighted by atomic mass is 10.1. The highest BCUT2D eigenvalue weighted by Gasteiger charge is 2.22. The third-order valence-electron chi connectivity index (χ3n) is 3.35. The van der Waals surface area contributed by atoms with Gasteiger partial charge in [0.2, 0.25) is 5.88 Å². The molecule has 1 aliphatic rings. The fraction of sp³-hybridized carbons (Fsp3) is 0.214. The minimum absolute atomic E-state index is 0.406. The SMILES string of the molecule is Nc1onc(-c2cc3c(s2)CCSC3)c1-c1cccs1. The van der Waals surface area contributed by atoms with E-state index >= 15 is 0 Å². The fourth-order valence-corrected chi connectivity index (χ4v) is 5.53. The fourth-order valence-electron chi connectivity index (χ4n) is 2.39. The molecule has 0 spiro atoms. The highest BCUT2D eigenvalue weighted by molar-refractivity contribution is 7.98. The number of aryl methyl sites for hydroxylation is 1. The molecule has 1 aliphatic heterocycles. The number of thiophene rings is 2. The number of hydrogen-bond donors (Lipinski definition) is 1. The van der Waals surface area contributed by atoms with Gasteiger partial charge in [0, 0.05) is 15.5 Å². The van der Waals surface area contributed by atoms with Crippen molar-refractivity contribution in [1.82, 2.24) is 5.16 Å². The van der Waals surface area contributed by atoms with Gasteiger partial charge in [-0.05, 0) is 35.2 Å². The summed E-state index contributed by atoms with van der Waals surface area (Å²) in [5.74, 6) is 2.72. The van der Waals surface area contributed by atoms with Gasteiger partial charge in [-0.15, -0.1) is 22.7 Å². The molecule has 0 aromatic carbocycles. The second-order valence-corrected chi connectivity index (χ2v) is 7.80. The van der Waals surface area contributed by atoms with Crippen LogP contribution in [0.5, 0.6) is 0 Å². The zero-order valence-electron chi connectivity index (χ0n) is 10.6. The average molecular weight is 320 g/mol. The number of nitrogens with two attached hydrogens (primary N) is 1. The monoisotopic (exact) mass is 320 g/mol. The third kappa shape index (κ3) is 1.99. The number of fused-ring (bicyclic) bond motifs is 1. The molecule has 2 N–H and O–H groups in total. The largest absolute Gasteiger partial charge is 0.367 e. The maximum Gasteiger partial charge on any atom is 0.231 e. The summed E-state index contributed by atoms with van der Waals surface area (Å²) >= 11 is 5.48. The molecular weight excluding hydrogens is 308 g/mol. The van der Waals surface area contributed by atoms with Crippen LogP contribution in [0.15, 0.2) is 28.1 Å². The van der Waals surface area contributed by atoms with Crippen molar-refractivity contribution in [3.8, 4) is 21.0 Å².